The van der Waals surface area contributed by atoms with E-state index in [1.807, 2.05) is 6.92 Å². The third kappa shape index (κ3) is 7.19. The fraction of sp³-hybridized carbons (Fsp3) is 0.636. The Morgan fingerprint density at radius 3 is 3.00 bits per heavy atom. The molecular formula is C11H21IN4O. The summed E-state index contributed by atoms with van der Waals surface area (Å²) in [6, 6.07) is 0.167. The maximum Gasteiger partial charge on any atom is 0.220 e. The van der Waals surface area contributed by atoms with Crippen molar-refractivity contribution in [1.29, 1.82) is 0 Å². The first-order chi connectivity index (χ1) is 7.58. The van der Waals surface area contributed by atoms with Crippen LogP contribution in [-0.2, 0) is 4.79 Å². The summed E-state index contributed by atoms with van der Waals surface area (Å²) >= 11 is 0. The lowest BCUT2D eigenvalue weighted by Gasteiger charge is -2.23. The summed E-state index contributed by atoms with van der Waals surface area (Å²) in [5, 5.41) is 5.91. The van der Waals surface area contributed by atoms with Crippen molar-refractivity contribution >= 4 is 35.8 Å². The average molecular weight is 352 g/mol. The molecule has 98 valence electrons. The number of nitrogens with one attached hydrogen (secondary N) is 2. The van der Waals surface area contributed by atoms with Crippen LogP contribution in [0.15, 0.2) is 17.1 Å². The molecule has 1 rings (SSSR count). The minimum absolute atomic E-state index is 0. The Morgan fingerprint density at radius 2 is 2.41 bits per heavy atom. The van der Waals surface area contributed by atoms with Crippen molar-refractivity contribution in [3.05, 3.63) is 12.2 Å². The number of nitrogens with zero attached hydrogens (tertiary/aromatic N) is 1. The van der Waals surface area contributed by atoms with Crippen molar-refractivity contribution in [2.24, 2.45) is 10.7 Å². The minimum Gasteiger partial charge on any atom is -0.370 e. The van der Waals surface area contributed by atoms with E-state index < -0.39 is 0 Å². The predicted molar refractivity (Wildman–Crippen MR) is 80.5 cm³/mol. The van der Waals surface area contributed by atoms with Crippen LogP contribution in [0.3, 0.4) is 0 Å². The number of piperidine rings is 1. The maximum absolute atomic E-state index is 11.1. The topological polar surface area (TPSA) is 79.5 Å². The molecule has 1 atom stereocenters. The molecule has 5 nitrogen and oxygen atoms in total. The normalized spacial score (nSPS) is 20.2. The molecule has 0 saturated carbocycles. The van der Waals surface area contributed by atoms with E-state index in [0.29, 0.717) is 25.5 Å². The Hall–Kier alpha value is -0.790. The van der Waals surface area contributed by atoms with Gasteiger partial charge in [0.25, 0.3) is 0 Å². The van der Waals surface area contributed by atoms with Crippen LogP contribution in [0.1, 0.15) is 26.2 Å². The molecule has 6 heteroatoms. The van der Waals surface area contributed by atoms with E-state index in [1.165, 1.54) is 0 Å². The highest BCUT2D eigenvalue weighted by Gasteiger charge is 2.17. The van der Waals surface area contributed by atoms with E-state index in [1.54, 1.807) is 0 Å². The number of amides is 1. The molecule has 0 spiro atoms. The smallest absolute Gasteiger partial charge is 0.220 e. The molecule has 17 heavy (non-hydrogen) atoms. The van der Waals surface area contributed by atoms with Crippen molar-refractivity contribution < 1.29 is 4.79 Å². The zero-order chi connectivity index (χ0) is 12.0. The van der Waals surface area contributed by atoms with Gasteiger partial charge in [-0.25, -0.2) is 4.99 Å². The Kier molecular flexibility index (Phi) is 7.94. The number of hydrogen-bond donors (Lipinski definition) is 3. The first kappa shape index (κ1) is 16.2. The Bertz CT molecular complexity index is 304. The SMILES string of the molecule is C=C(C)CN=C(N)NCC1CCCC(=O)N1.I. The molecule has 0 radical (unpaired) electrons. The molecule has 1 heterocycles. The van der Waals surface area contributed by atoms with Gasteiger partial charge in [-0.15, -0.1) is 24.0 Å². The predicted octanol–water partition coefficient (Wildman–Crippen LogP) is 0.753. The Labute approximate surface area is 119 Å². The van der Waals surface area contributed by atoms with Gasteiger partial charge in [0.1, 0.15) is 0 Å². The van der Waals surface area contributed by atoms with Gasteiger partial charge < -0.3 is 16.4 Å². The molecule has 1 amide bonds. The standard InChI is InChI=1S/C11H20N4O.HI/c1-8(2)6-13-11(12)14-7-9-4-3-5-10(16)15-9;/h9H,1,3-7H2,2H3,(H,15,16)(H3,12,13,14);1H. The molecule has 0 aromatic rings. The molecule has 1 saturated heterocycles. The second kappa shape index (κ2) is 8.32. The highest BCUT2D eigenvalue weighted by molar-refractivity contribution is 14.0. The quantitative estimate of drug-likeness (QED) is 0.302. The van der Waals surface area contributed by atoms with Crippen LogP contribution in [0.25, 0.3) is 0 Å². The molecule has 1 aliphatic rings. The van der Waals surface area contributed by atoms with Crippen molar-refractivity contribution in [1.82, 2.24) is 10.6 Å². The molecular weight excluding hydrogens is 331 g/mol. The lowest BCUT2D eigenvalue weighted by Crippen LogP contribution is -2.47. The summed E-state index contributed by atoms with van der Waals surface area (Å²) in [6.45, 7) is 6.81. The highest BCUT2D eigenvalue weighted by atomic mass is 127. The van der Waals surface area contributed by atoms with Crippen molar-refractivity contribution in [3.63, 3.8) is 0 Å². The molecule has 4 N–H and O–H groups in total. The summed E-state index contributed by atoms with van der Waals surface area (Å²) in [4.78, 5) is 15.2. The van der Waals surface area contributed by atoms with Gasteiger partial charge in [0.2, 0.25) is 5.91 Å². The molecule has 0 aliphatic carbocycles. The van der Waals surface area contributed by atoms with Crippen LogP contribution in [0, 0.1) is 0 Å². The van der Waals surface area contributed by atoms with Crippen LogP contribution in [0.5, 0.6) is 0 Å². The van der Waals surface area contributed by atoms with Gasteiger partial charge in [0.05, 0.1) is 6.54 Å². The fourth-order valence-electron chi connectivity index (χ4n) is 1.54. The van der Waals surface area contributed by atoms with Crippen LogP contribution in [0.4, 0.5) is 0 Å². The van der Waals surface area contributed by atoms with Gasteiger partial charge in [-0.3, -0.25) is 4.79 Å². The monoisotopic (exact) mass is 352 g/mol. The summed E-state index contributed by atoms with van der Waals surface area (Å²) in [6.07, 6.45) is 2.57. The van der Waals surface area contributed by atoms with Crippen molar-refractivity contribution in [3.8, 4) is 0 Å². The van der Waals surface area contributed by atoms with Gasteiger partial charge >= 0.3 is 0 Å². The zero-order valence-corrected chi connectivity index (χ0v) is 12.5. The van der Waals surface area contributed by atoms with Crippen LogP contribution in [0.2, 0.25) is 0 Å². The number of aliphatic imine (C=N–C) groups is 1. The number of carbonyl (C=O) groups is 1. The number of halogens is 1. The van der Waals surface area contributed by atoms with Gasteiger partial charge in [-0.1, -0.05) is 12.2 Å². The Balaban J connectivity index is 0.00000256. The third-order valence-corrected chi connectivity index (χ3v) is 2.37. The van der Waals surface area contributed by atoms with Crippen molar-refractivity contribution in [2.75, 3.05) is 13.1 Å². The number of nitrogens with two attached hydrogens (primary N) is 1. The van der Waals surface area contributed by atoms with Crippen LogP contribution in [-0.4, -0.2) is 31.0 Å². The third-order valence-electron chi connectivity index (χ3n) is 2.37. The van der Waals surface area contributed by atoms with E-state index in [0.717, 1.165) is 18.4 Å². The summed E-state index contributed by atoms with van der Waals surface area (Å²) in [7, 11) is 0. The fourth-order valence-corrected chi connectivity index (χ4v) is 1.54. The van der Waals surface area contributed by atoms with E-state index >= 15 is 0 Å². The van der Waals surface area contributed by atoms with Gasteiger partial charge in [0, 0.05) is 19.0 Å². The molecule has 0 aromatic heterocycles. The number of hydrogen-bond acceptors (Lipinski definition) is 2. The van der Waals surface area contributed by atoms with Gasteiger partial charge in [-0.05, 0) is 19.8 Å². The molecule has 1 fully saturated rings. The lowest BCUT2D eigenvalue weighted by molar-refractivity contribution is -0.123. The van der Waals surface area contributed by atoms with Gasteiger partial charge in [-0.2, -0.15) is 0 Å². The Morgan fingerprint density at radius 1 is 1.71 bits per heavy atom. The molecule has 1 aliphatic heterocycles. The van der Waals surface area contributed by atoms with E-state index in [9.17, 15) is 4.79 Å². The van der Waals surface area contributed by atoms with E-state index in [4.69, 9.17) is 5.73 Å². The van der Waals surface area contributed by atoms with E-state index in [2.05, 4.69) is 22.2 Å². The van der Waals surface area contributed by atoms with Crippen LogP contribution >= 0.6 is 24.0 Å². The van der Waals surface area contributed by atoms with Gasteiger partial charge in [0.15, 0.2) is 5.96 Å². The number of guanidine groups is 1. The molecule has 1 unspecified atom stereocenters. The first-order valence-corrected chi connectivity index (χ1v) is 5.55. The summed E-state index contributed by atoms with van der Waals surface area (Å²) < 4.78 is 0. The first-order valence-electron chi connectivity index (χ1n) is 5.55. The molecule has 0 aromatic carbocycles. The zero-order valence-electron chi connectivity index (χ0n) is 10.2. The molecule has 0 bridgehead atoms. The number of rotatable bonds is 4. The summed E-state index contributed by atoms with van der Waals surface area (Å²) in [5.74, 6) is 0.526. The highest BCUT2D eigenvalue weighted by Crippen LogP contribution is 2.06. The average Bonchev–Trinajstić information content (AvgIpc) is 2.23. The largest absolute Gasteiger partial charge is 0.370 e. The maximum atomic E-state index is 11.1. The van der Waals surface area contributed by atoms with Crippen LogP contribution < -0.4 is 16.4 Å². The lowest BCUT2D eigenvalue weighted by atomic mass is 10.0. The minimum atomic E-state index is 0. The second-order valence-electron chi connectivity index (χ2n) is 4.20. The summed E-state index contributed by atoms with van der Waals surface area (Å²) in [5.41, 5.74) is 6.63. The number of carbonyl (C=O) groups excluding carboxylic acids is 1. The van der Waals surface area contributed by atoms with Crippen molar-refractivity contribution in [2.45, 2.75) is 32.2 Å². The second-order valence-corrected chi connectivity index (χ2v) is 4.20. The van der Waals surface area contributed by atoms with E-state index in [-0.39, 0.29) is 35.9 Å².